The highest BCUT2D eigenvalue weighted by Crippen LogP contribution is 2.54. The number of fused-ring (bicyclic) bond motifs is 4. The van der Waals surface area contributed by atoms with Crippen LogP contribution in [0.4, 0.5) is 5.69 Å². The molecule has 0 unspecified atom stereocenters. The summed E-state index contributed by atoms with van der Waals surface area (Å²) in [6.07, 6.45) is 0.870. The van der Waals surface area contributed by atoms with Crippen LogP contribution in [-0.2, 0) is 31.1 Å². The van der Waals surface area contributed by atoms with Gasteiger partial charge in [-0.25, -0.2) is 0 Å². The van der Waals surface area contributed by atoms with Crippen molar-refractivity contribution in [2.24, 2.45) is 17.6 Å². The first-order chi connectivity index (χ1) is 15.8. The number of carbonyl (C=O) groups is 4. The molecule has 5 rings (SSSR count). The molecule has 0 saturated carbocycles. The lowest BCUT2D eigenvalue weighted by molar-refractivity contribution is -0.142. The van der Waals surface area contributed by atoms with E-state index in [0.29, 0.717) is 17.7 Å². The van der Waals surface area contributed by atoms with Gasteiger partial charge in [0.15, 0.2) is 0 Å². The number of nitrogens with zero attached hydrogens (tertiary/aromatic N) is 1. The van der Waals surface area contributed by atoms with Crippen LogP contribution in [0.15, 0.2) is 48.5 Å². The van der Waals surface area contributed by atoms with Crippen LogP contribution in [0, 0.1) is 18.8 Å². The number of carbonyl (C=O) groups excluding carboxylic acids is 4. The minimum Gasteiger partial charge on any atom is -0.370 e. The second-order valence-electron chi connectivity index (χ2n) is 9.08. The maximum atomic E-state index is 13.7. The van der Waals surface area contributed by atoms with Crippen molar-refractivity contribution in [3.8, 4) is 0 Å². The van der Waals surface area contributed by atoms with Gasteiger partial charge in [0, 0.05) is 30.3 Å². The van der Waals surface area contributed by atoms with Crippen LogP contribution in [0.2, 0.25) is 0 Å². The van der Waals surface area contributed by atoms with E-state index in [1.807, 2.05) is 55.5 Å². The van der Waals surface area contributed by atoms with E-state index >= 15 is 0 Å². The molecule has 0 aromatic heterocycles. The predicted octanol–water partition coefficient (Wildman–Crippen LogP) is 1.22. The number of hydrogen-bond acceptors (Lipinski definition) is 5. The number of primary amides is 1. The van der Waals surface area contributed by atoms with Crippen molar-refractivity contribution in [3.63, 3.8) is 0 Å². The molecule has 4 atom stereocenters. The molecule has 2 fully saturated rings. The topological polar surface area (TPSA) is 122 Å². The number of amides is 4. The second kappa shape index (κ2) is 7.81. The second-order valence-corrected chi connectivity index (χ2v) is 9.08. The number of aryl methyl sites for hydroxylation is 1. The van der Waals surface area contributed by atoms with Gasteiger partial charge in [-0.3, -0.25) is 29.4 Å². The number of hydrogen-bond donors (Lipinski definition) is 3. The van der Waals surface area contributed by atoms with Crippen molar-refractivity contribution >= 4 is 29.3 Å². The highest BCUT2D eigenvalue weighted by molar-refractivity contribution is 6.15. The SMILES string of the molecule is Cc1cccc2c1NC(=O)[C@@]21N[C@H](CCC(N)=O)[C@H]2C(=O)N(CCc3ccccc3)C(=O)[C@@H]21. The van der Waals surface area contributed by atoms with Crippen molar-refractivity contribution in [3.05, 3.63) is 65.2 Å². The van der Waals surface area contributed by atoms with Gasteiger partial charge in [0.05, 0.1) is 11.8 Å². The number of rotatable bonds is 6. The van der Waals surface area contributed by atoms with E-state index in [-0.39, 0.29) is 37.1 Å². The van der Waals surface area contributed by atoms with E-state index in [9.17, 15) is 19.2 Å². The van der Waals surface area contributed by atoms with E-state index in [2.05, 4.69) is 10.6 Å². The van der Waals surface area contributed by atoms with Crippen molar-refractivity contribution in [1.82, 2.24) is 10.2 Å². The van der Waals surface area contributed by atoms with Crippen molar-refractivity contribution in [1.29, 1.82) is 0 Å². The number of anilines is 1. The van der Waals surface area contributed by atoms with Gasteiger partial charge in [0.2, 0.25) is 23.6 Å². The van der Waals surface area contributed by atoms with Gasteiger partial charge in [0.1, 0.15) is 5.54 Å². The monoisotopic (exact) mass is 446 g/mol. The molecule has 3 aliphatic rings. The summed E-state index contributed by atoms with van der Waals surface area (Å²) in [6, 6.07) is 14.7. The van der Waals surface area contributed by atoms with E-state index in [1.165, 1.54) is 4.90 Å². The van der Waals surface area contributed by atoms with E-state index in [4.69, 9.17) is 5.73 Å². The lowest BCUT2D eigenvalue weighted by Gasteiger charge is -2.29. The normalized spacial score (nSPS) is 27.7. The fourth-order valence-corrected chi connectivity index (χ4v) is 5.69. The molecule has 8 nitrogen and oxygen atoms in total. The third-order valence-corrected chi connectivity index (χ3v) is 7.22. The Morgan fingerprint density at radius 2 is 1.82 bits per heavy atom. The Balaban J connectivity index is 1.53. The minimum atomic E-state index is -1.34. The van der Waals surface area contributed by atoms with Gasteiger partial charge in [0.25, 0.3) is 0 Å². The van der Waals surface area contributed by atoms with Crippen molar-refractivity contribution < 1.29 is 19.2 Å². The Hall–Kier alpha value is -3.52. The van der Waals surface area contributed by atoms with Crippen LogP contribution in [0.3, 0.4) is 0 Å². The molecule has 1 spiro atoms. The fraction of sp³-hybridized carbons (Fsp3) is 0.360. The first-order valence-electron chi connectivity index (χ1n) is 11.2. The third-order valence-electron chi connectivity index (χ3n) is 7.22. The molecule has 170 valence electrons. The van der Waals surface area contributed by atoms with E-state index < -0.39 is 29.3 Å². The van der Waals surface area contributed by atoms with Gasteiger partial charge in [-0.1, -0.05) is 48.5 Å². The molecule has 3 aliphatic heterocycles. The summed E-state index contributed by atoms with van der Waals surface area (Å²) in [7, 11) is 0. The molecule has 2 saturated heterocycles. The van der Waals surface area contributed by atoms with Crippen molar-refractivity contribution in [2.75, 3.05) is 11.9 Å². The summed E-state index contributed by atoms with van der Waals surface area (Å²) >= 11 is 0. The number of nitrogens with one attached hydrogen (secondary N) is 2. The lowest BCUT2D eigenvalue weighted by Crippen LogP contribution is -2.53. The maximum Gasteiger partial charge on any atom is 0.250 e. The Morgan fingerprint density at radius 3 is 2.55 bits per heavy atom. The maximum absolute atomic E-state index is 13.7. The Labute approximate surface area is 191 Å². The summed E-state index contributed by atoms with van der Waals surface area (Å²) in [6.45, 7) is 2.14. The minimum absolute atomic E-state index is 0.0603. The molecule has 8 heteroatoms. The summed E-state index contributed by atoms with van der Waals surface area (Å²) < 4.78 is 0. The van der Waals surface area contributed by atoms with Crippen LogP contribution in [0.25, 0.3) is 0 Å². The highest BCUT2D eigenvalue weighted by Gasteiger charge is 2.70. The smallest absolute Gasteiger partial charge is 0.250 e. The summed E-state index contributed by atoms with van der Waals surface area (Å²) in [4.78, 5) is 53.4. The van der Waals surface area contributed by atoms with Crippen LogP contribution in [-0.4, -0.2) is 41.1 Å². The Bertz CT molecular complexity index is 1160. The molecule has 3 heterocycles. The molecular formula is C25H26N4O4. The zero-order chi connectivity index (χ0) is 23.3. The fourth-order valence-electron chi connectivity index (χ4n) is 5.69. The Morgan fingerprint density at radius 1 is 1.06 bits per heavy atom. The molecule has 0 radical (unpaired) electrons. The van der Waals surface area contributed by atoms with Crippen LogP contribution in [0.5, 0.6) is 0 Å². The van der Waals surface area contributed by atoms with E-state index in [0.717, 1.165) is 11.1 Å². The third kappa shape index (κ3) is 3.16. The predicted molar refractivity (Wildman–Crippen MR) is 121 cm³/mol. The largest absolute Gasteiger partial charge is 0.370 e. The molecule has 4 N–H and O–H groups in total. The zero-order valence-electron chi connectivity index (χ0n) is 18.3. The summed E-state index contributed by atoms with van der Waals surface area (Å²) in [5, 5.41) is 6.25. The molecule has 0 aliphatic carbocycles. The van der Waals surface area contributed by atoms with Gasteiger partial charge in [-0.05, 0) is 30.9 Å². The number of imide groups is 1. The first-order valence-corrected chi connectivity index (χ1v) is 11.2. The molecule has 0 bridgehead atoms. The number of nitrogens with two attached hydrogens (primary N) is 1. The summed E-state index contributed by atoms with van der Waals surface area (Å²) in [5.41, 5.74) is 7.28. The van der Waals surface area contributed by atoms with Gasteiger partial charge >= 0.3 is 0 Å². The summed E-state index contributed by atoms with van der Waals surface area (Å²) in [5.74, 6) is -3.08. The van der Waals surface area contributed by atoms with Crippen LogP contribution < -0.4 is 16.4 Å². The Kier molecular flexibility index (Phi) is 5.05. The molecule has 2 aromatic carbocycles. The number of likely N-dealkylation sites (tertiary alicyclic amines) is 1. The standard InChI is InChI=1S/C25H26N4O4/c1-14-6-5-9-16-21(14)27-24(33)25(16)20-19(17(28-25)10-11-18(26)30)22(31)29(23(20)32)13-12-15-7-3-2-4-8-15/h2-9,17,19-20,28H,10-13H2,1H3,(H2,26,30)(H,27,33)/t17-,19-,20-,25-/m1/s1. The lowest BCUT2D eigenvalue weighted by atomic mass is 9.76. The number of benzene rings is 2. The average Bonchev–Trinajstić information content (AvgIpc) is 3.38. The molecule has 2 aromatic rings. The zero-order valence-corrected chi connectivity index (χ0v) is 18.3. The number of para-hydroxylation sites is 1. The molecular weight excluding hydrogens is 420 g/mol. The van der Waals surface area contributed by atoms with Gasteiger partial charge in [-0.15, -0.1) is 0 Å². The molecule has 4 amide bonds. The highest BCUT2D eigenvalue weighted by atomic mass is 16.2. The van der Waals surface area contributed by atoms with Gasteiger partial charge < -0.3 is 11.1 Å². The quantitative estimate of drug-likeness (QED) is 0.576. The van der Waals surface area contributed by atoms with Crippen LogP contribution >= 0.6 is 0 Å². The molecule has 33 heavy (non-hydrogen) atoms. The van der Waals surface area contributed by atoms with Gasteiger partial charge in [-0.2, -0.15) is 0 Å². The first kappa shape index (κ1) is 21.3. The van der Waals surface area contributed by atoms with Crippen LogP contribution in [0.1, 0.15) is 29.5 Å². The van der Waals surface area contributed by atoms with Crippen molar-refractivity contribution in [2.45, 2.75) is 37.8 Å². The average molecular weight is 447 g/mol. The van der Waals surface area contributed by atoms with E-state index in [1.54, 1.807) is 0 Å².